The van der Waals surface area contributed by atoms with Crippen molar-refractivity contribution in [3.8, 4) is 5.75 Å². The van der Waals surface area contributed by atoms with Crippen molar-refractivity contribution in [1.82, 2.24) is 10.3 Å². The van der Waals surface area contributed by atoms with Crippen LogP contribution in [0.3, 0.4) is 0 Å². The second kappa shape index (κ2) is 12.9. The third kappa shape index (κ3) is 7.44. The Morgan fingerprint density at radius 1 is 1.05 bits per heavy atom. The molecule has 0 radical (unpaired) electrons. The van der Waals surface area contributed by atoms with Crippen LogP contribution in [-0.2, 0) is 27.9 Å². The van der Waals surface area contributed by atoms with Crippen molar-refractivity contribution in [1.29, 1.82) is 0 Å². The van der Waals surface area contributed by atoms with E-state index in [0.717, 1.165) is 21.1 Å². The third-order valence-corrected chi connectivity index (χ3v) is 8.24. The summed E-state index contributed by atoms with van der Waals surface area (Å²) in [6.07, 6.45) is 1.11. The normalized spacial score (nSPS) is 12.9. The van der Waals surface area contributed by atoms with Gasteiger partial charge in [0.15, 0.2) is 0 Å². The molecule has 0 saturated carbocycles. The van der Waals surface area contributed by atoms with Crippen LogP contribution in [0.5, 0.6) is 5.75 Å². The van der Waals surface area contributed by atoms with Crippen LogP contribution in [0.1, 0.15) is 40.7 Å². The summed E-state index contributed by atoms with van der Waals surface area (Å²) in [5, 5.41) is 5.49. The fourth-order valence-corrected chi connectivity index (χ4v) is 5.94. The Morgan fingerprint density at radius 2 is 1.74 bits per heavy atom. The largest absolute Gasteiger partial charge is 0.497 e. The molecule has 2 unspecified atom stereocenters. The SMILES string of the molecule is CCc1csc(C(CN(c2ccccc2)S(=O)(=O)O)NC(=O)C(Cc2ccccc2)c2cccc(OC)c2)n1. The molecule has 2 N–H and O–H groups in total. The summed E-state index contributed by atoms with van der Waals surface area (Å²) in [6, 6.07) is 24.5. The second-order valence-electron chi connectivity index (χ2n) is 8.96. The minimum atomic E-state index is -4.64. The number of benzene rings is 3. The van der Waals surface area contributed by atoms with Gasteiger partial charge in [0, 0.05) is 5.38 Å². The minimum Gasteiger partial charge on any atom is -0.497 e. The van der Waals surface area contributed by atoms with Gasteiger partial charge in [0.1, 0.15) is 10.8 Å². The third-order valence-electron chi connectivity index (χ3n) is 6.31. The Balaban J connectivity index is 1.71. The number of rotatable bonds is 12. The number of thiazole rings is 1. The van der Waals surface area contributed by atoms with Crippen LogP contribution in [0.15, 0.2) is 90.3 Å². The molecular weight excluding hydrogens is 534 g/mol. The van der Waals surface area contributed by atoms with Gasteiger partial charge < -0.3 is 10.1 Å². The Labute approximate surface area is 233 Å². The zero-order valence-electron chi connectivity index (χ0n) is 21.7. The number of ether oxygens (including phenoxy) is 1. The summed E-state index contributed by atoms with van der Waals surface area (Å²) in [5.41, 5.74) is 2.85. The molecule has 0 aliphatic carbocycles. The van der Waals surface area contributed by atoms with Crippen LogP contribution < -0.4 is 14.4 Å². The zero-order valence-corrected chi connectivity index (χ0v) is 23.4. The standard InChI is InChI=1S/C29H31N3O5S2/c1-3-23-20-38-29(30-23)27(19-32(39(34,35)36)24-14-8-5-9-15-24)31-28(33)26(17-21-11-6-4-7-12-21)22-13-10-16-25(18-22)37-2/h4-16,18,20,26-27H,3,17,19H2,1-2H3,(H,31,33)(H,34,35,36). The predicted molar refractivity (Wildman–Crippen MR) is 154 cm³/mol. The predicted octanol–water partition coefficient (Wildman–Crippen LogP) is 5.21. The number of nitrogens with one attached hydrogen (secondary N) is 1. The lowest BCUT2D eigenvalue weighted by atomic mass is 9.90. The fraction of sp³-hybridized carbons (Fsp3) is 0.241. The summed E-state index contributed by atoms with van der Waals surface area (Å²) in [5.74, 6) is -0.260. The number of carbonyl (C=O) groups is 1. The van der Waals surface area contributed by atoms with Crippen molar-refractivity contribution in [2.45, 2.75) is 31.7 Å². The lowest BCUT2D eigenvalue weighted by molar-refractivity contribution is -0.123. The molecule has 1 heterocycles. The highest BCUT2D eigenvalue weighted by Crippen LogP contribution is 2.29. The average Bonchev–Trinajstić information content (AvgIpc) is 3.43. The molecule has 0 aliphatic heterocycles. The van der Waals surface area contributed by atoms with Gasteiger partial charge in [-0.3, -0.25) is 9.35 Å². The van der Waals surface area contributed by atoms with Crippen molar-refractivity contribution in [2.75, 3.05) is 18.0 Å². The summed E-state index contributed by atoms with van der Waals surface area (Å²) in [7, 11) is -3.07. The first-order valence-corrected chi connectivity index (χ1v) is 14.8. The molecule has 0 fully saturated rings. The molecule has 1 aromatic heterocycles. The quantitative estimate of drug-likeness (QED) is 0.228. The number of aryl methyl sites for hydroxylation is 1. The van der Waals surface area contributed by atoms with Gasteiger partial charge in [0.2, 0.25) is 5.91 Å². The highest BCUT2D eigenvalue weighted by molar-refractivity contribution is 7.87. The fourth-order valence-electron chi connectivity index (χ4n) is 4.27. The molecule has 3 aromatic carbocycles. The zero-order chi connectivity index (χ0) is 27.8. The molecule has 8 nitrogen and oxygen atoms in total. The van der Waals surface area contributed by atoms with Crippen LogP contribution in [0, 0.1) is 0 Å². The van der Waals surface area contributed by atoms with E-state index < -0.39 is 22.3 Å². The maximum Gasteiger partial charge on any atom is 0.360 e. The van der Waals surface area contributed by atoms with E-state index in [2.05, 4.69) is 10.3 Å². The van der Waals surface area contributed by atoms with Gasteiger partial charge in [-0.2, -0.15) is 8.42 Å². The lowest BCUT2D eigenvalue weighted by Gasteiger charge is -2.27. The van der Waals surface area contributed by atoms with Crippen molar-refractivity contribution >= 4 is 33.2 Å². The van der Waals surface area contributed by atoms with E-state index in [-0.39, 0.29) is 18.1 Å². The molecule has 0 aliphatic rings. The van der Waals surface area contributed by atoms with Crippen molar-refractivity contribution in [2.24, 2.45) is 0 Å². The number of aromatic nitrogens is 1. The number of hydrogen-bond acceptors (Lipinski definition) is 6. The highest BCUT2D eigenvalue weighted by atomic mass is 32.2. The first kappa shape index (κ1) is 28.3. The molecule has 4 rings (SSSR count). The van der Waals surface area contributed by atoms with E-state index in [0.29, 0.717) is 23.6 Å². The lowest BCUT2D eigenvalue weighted by Crippen LogP contribution is -2.42. The number of anilines is 1. The Bertz CT molecular complexity index is 1480. The average molecular weight is 566 g/mol. The van der Waals surface area contributed by atoms with E-state index in [9.17, 15) is 17.8 Å². The van der Waals surface area contributed by atoms with Crippen LogP contribution >= 0.6 is 11.3 Å². The minimum absolute atomic E-state index is 0.235. The molecule has 4 aromatic rings. The van der Waals surface area contributed by atoms with Gasteiger partial charge in [-0.1, -0.05) is 67.6 Å². The van der Waals surface area contributed by atoms with Gasteiger partial charge in [-0.05, 0) is 48.2 Å². The van der Waals surface area contributed by atoms with Crippen LogP contribution in [-0.4, -0.2) is 37.5 Å². The van der Waals surface area contributed by atoms with Gasteiger partial charge in [0.05, 0.1) is 37.0 Å². The maximum absolute atomic E-state index is 14.0. The number of hydrogen-bond donors (Lipinski definition) is 2. The summed E-state index contributed by atoms with van der Waals surface area (Å²) < 4.78 is 41.3. The monoisotopic (exact) mass is 565 g/mol. The molecular formula is C29H31N3O5S2. The molecule has 0 bridgehead atoms. The van der Waals surface area contributed by atoms with E-state index >= 15 is 0 Å². The topological polar surface area (TPSA) is 109 Å². The van der Waals surface area contributed by atoms with Crippen molar-refractivity contribution < 1.29 is 22.5 Å². The van der Waals surface area contributed by atoms with Crippen LogP contribution in [0.25, 0.3) is 0 Å². The van der Waals surface area contributed by atoms with Crippen LogP contribution in [0.4, 0.5) is 5.69 Å². The Hall–Kier alpha value is -3.73. The number of para-hydroxylation sites is 1. The van der Waals surface area contributed by atoms with Gasteiger partial charge >= 0.3 is 10.3 Å². The first-order chi connectivity index (χ1) is 18.8. The number of carbonyl (C=O) groups excluding carboxylic acids is 1. The number of nitrogens with zero attached hydrogens (tertiary/aromatic N) is 2. The molecule has 1 amide bonds. The molecule has 2 atom stereocenters. The van der Waals surface area contributed by atoms with Gasteiger partial charge in [-0.15, -0.1) is 11.3 Å². The van der Waals surface area contributed by atoms with Crippen LogP contribution in [0.2, 0.25) is 0 Å². The molecule has 0 spiro atoms. The Kier molecular flexibility index (Phi) is 9.34. The van der Waals surface area contributed by atoms with E-state index in [1.807, 2.05) is 66.9 Å². The second-order valence-corrected chi connectivity index (χ2v) is 11.2. The summed E-state index contributed by atoms with van der Waals surface area (Å²) in [6.45, 7) is 1.74. The highest BCUT2D eigenvalue weighted by Gasteiger charge is 2.30. The number of methoxy groups -OCH3 is 1. The van der Waals surface area contributed by atoms with E-state index in [1.54, 1.807) is 37.4 Å². The van der Waals surface area contributed by atoms with Gasteiger partial charge in [-0.25, -0.2) is 9.29 Å². The van der Waals surface area contributed by atoms with Crippen molar-refractivity contribution in [3.63, 3.8) is 0 Å². The molecule has 204 valence electrons. The molecule has 0 saturated heterocycles. The smallest absolute Gasteiger partial charge is 0.360 e. The van der Waals surface area contributed by atoms with E-state index in [1.165, 1.54) is 11.3 Å². The van der Waals surface area contributed by atoms with Crippen molar-refractivity contribution in [3.05, 3.63) is 112 Å². The summed E-state index contributed by atoms with van der Waals surface area (Å²) >= 11 is 1.34. The Morgan fingerprint density at radius 3 is 2.36 bits per heavy atom. The maximum atomic E-state index is 14.0. The van der Waals surface area contributed by atoms with E-state index in [4.69, 9.17) is 4.74 Å². The summed E-state index contributed by atoms with van der Waals surface area (Å²) in [4.78, 5) is 18.6. The number of amides is 1. The van der Waals surface area contributed by atoms with Gasteiger partial charge in [0.25, 0.3) is 0 Å². The first-order valence-electron chi connectivity index (χ1n) is 12.5. The molecule has 10 heteroatoms. The molecule has 39 heavy (non-hydrogen) atoms.